The molecule has 0 aliphatic carbocycles. The van der Waals surface area contributed by atoms with Gasteiger partial charge >= 0.3 is 5.97 Å². The van der Waals surface area contributed by atoms with Gasteiger partial charge in [-0.05, 0) is 36.6 Å². The van der Waals surface area contributed by atoms with E-state index in [1.807, 2.05) is 6.07 Å². The summed E-state index contributed by atoms with van der Waals surface area (Å²) in [6.45, 7) is 0. The molecule has 1 heterocycles. The molecule has 2 N–H and O–H groups in total. The number of hydrogen-bond donors (Lipinski definition) is 2. The van der Waals surface area contributed by atoms with E-state index in [4.69, 9.17) is 0 Å². The molecule has 108 valence electrons. The molecule has 0 saturated heterocycles. The van der Waals surface area contributed by atoms with Crippen LogP contribution in [0.15, 0.2) is 54.9 Å². The lowest BCUT2D eigenvalue weighted by Gasteiger charge is -2.14. The third-order valence-electron chi connectivity index (χ3n) is 3.08. The average molecular weight is 284 g/mol. The van der Waals surface area contributed by atoms with Gasteiger partial charge in [-0.1, -0.05) is 24.3 Å². The van der Waals surface area contributed by atoms with E-state index in [9.17, 15) is 14.7 Å². The van der Waals surface area contributed by atoms with Crippen molar-refractivity contribution in [1.82, 2.24) is 10.3 Å². The molecule has 21 heavy (non-hydrogen) atoms. The Morgan fingerprint density at radius 2 is 1.90 bits per heavy atom. The number of aromatic nitrogens is 1. The Bertz CT molecular complexity index is 599. The summed E-state index contributed by atoms with van der Waals surface area (Å²) in [6.07, 6.45) is 4.22. The van der Waals surface area contributed by atoms with Crippen LogP contribution < -0.4 is 5.32 Å². The van der Waals surface area contributed by atoms with E-state index >= 15 is 0 Å². The second-order valence-corrected chi connectivity index (χ2v) is 4.63. The lowest BCUT2D eigenvalue weighted by molar-refractivity contribution is -0.139. The van der Waals surface area contributed by atoms with E-state index in [1.165, 1.54) is 0 Å². The second-order valence-electron chi connectivity index (χ2n) is 4.63. The van der Waals surface area contributed by atoms with E-state index in [2.05, 4.69) is 10.3 Å². The van der Waals surface area contributed by atoms with Crippen molar-refractivity contribution < 1.29 is 14.7 Å². The number of carboxylic acids is 1. The molecule has 0 spiro atoms. The molecule has 2 rings (SSSR count). The fraction of sp³-hybridized carbons (Fsp3) is 0.188. The summed E-state index contributed by atoms with van der Waals surface area (Å²) >= 11 is 0. The lowest BCUT2D eigenvalue weighted by atomic mass is 10.1. The van der Waals surface area contributed by atoms with Crippen LogP contribution in [0, 0.1) is 0 Å². The number of benzene rings is 1. The van der Waals surface area contributed by atoms with Crippen molar-refractivity contribution in [3.8, 4) is 0 Å². The topological polar surface area (TPSA) is 79.3 Å². The van der Waals surface area contributed by atoms with Gasteiger partial charge in [0, 0.05) is 18.0 Å². The SMILES string of the molecule is O=C(NC(CCc1cccnc1)C(=O)O)c1ccccc1. The van der Waals surface area contributed by atoms with E-state index in [-0.39, 0.29) is 5.91 Å². The Hall–Kier alpha value is -2.69. The number of nitrogens with zero attached hydrogens (tertiary/aromatic N) is 1. The highest BCUT2D eigenvalue weighted by Gasteiger charge is 2.20. The van der Waals surface area contributed by atoms with Gasteiger partial charge in [0.25, 0.3) is 5.91 Å². The highest BCUT2D eigenvalue weighted by Crippen LogP contribution is 2.06. The van der Waals surface area contributed by atoms with Gasteiger partial charge < -0.3 is 10.4 Å². The van der Waals surface area contributed by atoms with Crippen molar-refractivity contribution in [1.29, 1.82) is 0 Å². The fourth-order valence-electron chi connectivity index (χ4n) is 1.95. The van der Waals surface area contributed by atoms with Crippen molar-refractivity contribution >= 4 is 11.9 Å². The zero-order chi connectivity index (χ0) is 15.1. The van der Waals surface area contributed by atoms with Crippen LogP contribution in [0.1, 0.15) is 22.3 Å². The first-order valence-electron chi connectivity index (χ1n) is 6.64. The van der Waals surface area contributed by atoms with Crippen molar-refractivity contribution in [2.75, 3.05) is 0 Å². The van der Waals surface area contributed by atoms with Gasteiger partial charge in [-0.2, -0.15) is 0 Å². The van der Waals surface area contributed by atoms with Crippen LogP contribution in [-0.4, -0.2) is 28.0 Å². The summed E-state index contributed by atoms with van der Waals surface area (Å²) in [5.74, 6) is -1.42. The van der Waals surface area contributed by atoms with E-state index in [1.54, 1.807) is 48.8 Å². The monoisotopic (exact) mass is 284 g/mol. The van der Waals surface area contributed by atoms with Gasteiger partial charge in [-0.15, -0.1) is 0 Å². The van der Waals surface area contributed by atoms with E-state index in [0.717, 1.165) is 5.56 Å². The molecule has 1 amide bonds. The van der Waals surface area contributed by atoms with Crippen LogP contribution in [0.3, 0.4) is 0 Å². The Morgan fingerprint density at radius 3 is 2.52 bits per heavy atom. The smallest absolute Gasteiger partial charge is 0.326 e. The van der Waals surface area contributed by atoms with Crippen LogP contribution in [0.5, 0.6) is 0 Å². The van der Waals surface area contributed by atoms with Gasteiger partial charge in [0.2, 0.25) is 0 Å². The van der Waals surface area contributed by atoms with Gasteiger partial charge in [0.05, 0.1) is 0 Å². The Balaban J connectivity index is 1.96. The predicted molar refractivity (Wildman–Crippen MR) is 77.9 cm³/mol. The number of carboxylic acid groups (broad SMARTS) is 1. The van der Waals surface area contributed by atoms with Gasteiger partial charge in [0.15, 0.2) is 0 Å². The summed E-state index contributed by atoms with van der Waals surface area (Å²) in [4.78, 5) is 27.2. The van der Waals surface area contributed by atoms with Crippen molar-refractivity contribution in [2.24, 2.45) is 0 Å². The number of aliphatic carboxylic acids is 1. The number of carbonyl (C=O) groups excluding carboxylic acids is 1. The number of amides is 1. The number of hydrogen-bond acceptors (Lipinski definition) is 3. The molecule has 1 atom stereocenters. The first kappa shape index (κ1) is 14.7. The summed E-state index contributed by atoms with van der Waals surface area (Å²) in [5, 5.41) is 11.8. The molecule has 1 unspecified atom stereocenters. The van der Waals surface area contributed by atoms with Crippen molar-refractivity contribution in [3.63, 3.8) is 0 Å². The zero-order valence-corrected chi connectivity index (χ0v) is 11.4. The van der Waals surface area contributed by atoms with Gasteiger partial charge in [0.1, 0.15) is 6.04 Å². The number of pyridine rings is 1. The molecular formula is C16H16N2O3. The van der Waals surface area contributed by atoms with E-state index < -0.39 is 12.0 Å². The molecule has 0 radical (unpaired) electrons. The molecule has 0 fully saturated rings. The molecule has 1 aromatic heterocycles. The molecule has 2 aromatic rings. The number of rotatable bonds is 6. The minimum absolute atomic E-state index is 0.319. The van der Waals surface area contributed by atoms with Crippen LogP contribution in [-0.2, 0) is 11.2 Å². The Morgan fingerprint density at radius 1 is 1.14 bits per heavy atom. The third kappa shape index (κ3) is 4.42. The van der Waals surface area contributed by atoms with Crippen LogP contribution in [0.25, 0.3) is 0 Å². The highest BCUT2D eigenvalue weighted by molar-refractivity contribution is 5.96. The second kappa shape index (κ2) is 7.19. The van der Waals surface area contributed by atoms with Gasteiger partial charge in [-0.25, -0.2) is 4.79 Å². The quantitative estimate of drug-likeness (QED) is 0.849. The molecule has 0 aliphatic rings. The Kier molecular flexibility index (Phi) is 5.04. The van der Waals surface area contributed by atoms with Gasteiger partial charge in [-0.3, -0.25) is 9.78 Å². The van der Waals surface area contributed by atoms with Crippen LogP contribution in [0.2, 0.25) is 0 Å². The zero-order valence-electron chi connectivity index (χ0n) is 11.4. The average Bonchev–Trinajstić information content (AvgIpc) is 2.52. The van der Waals surface area contributed by atoms with Crippen LogP contribution >= 0.6 is 0 Å². The largest absolute Gasteiger partial charge is 0.480 e. The first-order chi connectivity index (χ1) is 10.2. The molecule has 0 bridgehead atoms. The molecule has 0 saturated carbocycles. The summed E-state index contributed by atoms with van der Waals surface area (Å²) in [5.41, 5.74) is 1.39. The minimum atomic E-state index is -1.04. The van der Waals surface area contributed by atoms with Crippen molar-refractivity contribution in [3.05, 3.63) is 66.0 Å². The maximum Gasteiger partial charge on any atom is 0.326 e. The number of carbonyl (C=O) groups is 2. The predicted octanol–water partition coefficient (Wildman–Crippen LogP) is 1.90. The molecule has 0 aliphatic heterocycles. The molecular weight excluding hydrogens is 268 g/mol. The third-order valence-corrected chi connectivity index (χ3v) is 3.08. The summed E-state index contributed by atoms with van der Waals surface area (Å²) < 4.78 is 0. The standard InChI is InChI=1S/C16H16N2O3/c19-15(13-6-2-1-3-7-13)18-14(16(20)21)9-8-12-5-4-10-17-11-12/h1-7,10-11,14H,8-9H2,(H,18,19)(H,20,21). The normalized spacial score (nSPS) is 11.6. The molecule has 5 heteroatoms. The molecule has 5 nitrogen and oxygen atoms in total. The first-order valence-corrected chi connectivity index (χ1v) is 6.64. The maximum absolute atomic E-state index is 12.0. The Labute approximate surface area is 122 Å². The summed E-state index contributed by atoms with van der Waals surface area (Å²) in [7, 11) is 0. The van der Waals surface area contributed by atoms with Crippen molar-refractivity contribution in [2.45, 2.75) is 18.9 Å². The number of nitrogens with one attached hydrogen (secondary N) is 1. The lowest BCUT2D eigenvalue weighted by Crippen LogP contribution is -2.41. The number of aryl methyl sites for hydroxylation is 1. The highest BCUT2D eigenvalue weighted by atomic mass is 16.4. The van der Waals surface area contributed by atoms with E-state index in [0.29, 0.717) is 18.4 Å². The fourth-order valence-corrected chi connectivity index (χ4v) is 1.95. The summed E-state index contributed by atoms with van der Waals surface area (Å²) in [6, 6.07) is 11.3. The maximum atomic E-state index is 12.0. The molecule has 1 aromatic carbocycles. The minimum Gasteiger partial charge on any atom is -0.480 e. The van der Waals surface area contributed by atoms with Crippen LogP contribution in [0.4, 0.5) is 0 Å².